The molecule has 13 heteroatoms. The van der Waals surface area contributed by atoms with Crippen molar-refractivity contribution in [3.05, 3.63) is 164 Å². The number of fused-ring (bicyclic) bond motifs is 2. The van der Waals surface area contributed by atoms with Crippen LogP contribution in [-0.4, -0.2) is 56.2 Å². The second-order valence-corrected chi connectivity index (χ2v) is 22.1. The highest BCUT2D eigenvalue weighted by Gasteiger charge is 2.42. The van der Waals surface area contributed by atoms with E-state index in [2.05, 4.69) is 129 Å². The van der Waals surface area contributed by atoms with Crippen LogP contribution in [0.15, 0.2) is 132 Å². The average Bonchev–Trinajstić information content (AvgIpc) is 3.77. The van der Waals surface area contributed by atoms with Gasteiger partial charge in [-0.15, -0.1) is 0 Å². The van der Waals surface area contributed by atoms with Gasteiger partial charge in [-0.1, -0.05) is 98.4 Å². The minimum Gasteiger partial charge on any atom is -0.748 e. The van der Waals surface area contributed by atoms with Gasteiger partial charge in [0.15, 0.2) is 0 Å². The normalized spacial score (nSPS) is 19.4. The summed E-state index contributed by atoms with van der Waals surface area (Å²) >= 11 is 13.2. The largest absolute Gasteiger partial charge is 0.748 e. The van der Waals surface area contributed by atoms with Crippen molar-refractivity contribution in [3.8, 4) is 0 Å². The molecule has 9 nitrogen and oxygen atoms in total. The van der Waals surface area contributed by atoms with Crippen molar-refractivity contribution in [3.63, 3.8) is 0 Å². The third-order valence-corrected chi connectivity index (χ3v) is 14.8. The Labute approximate surface area is 389 Å². The average molecular weight is 942 g/mol. The van der Waals surface area contributed by atoms with E-state index in [-0.39, 0.29) is 12.8 Å². The number of rotatable bonds is 14. The molecule has 0 amide bonds. The molecule has 0 aromatic heterocycles. The Morgan fingerprint density at radius 1 is 0.578 bits per heavy atom. The number of allylic oxidation sites excluding steroid dienone is 8. The Balaban J connectivity index is 1.39. The molecule has 0 atom stereocenters. The predicted molar refractivity (Wildman–Crippen MR) is 262 cm³/mol. The number of aryl methyl sites for hydroxylation is 2. The number of benzene rings is 4. The second-order valence-electron chi connectivity index (χ2n) is 18.2. The quantitative estimate of drug-likeness (QED) is 0.0695. The van der Waals surface area contributed by atoms with Crippen LogP contribution >= 0.6 is 23.2 Å². The molecule has 4 aromatic carbocycles. The number of hydrogen-bond acceptors (Lipinski definition) is 8. The van der Waals surface area contributed by atoms with Crippen LogP contribution in [0.2, 0.25) is 10.0 Å². The number of anilines is 2. The van der Waals surface area contributed by atoms with Crippen LogP contribution in [-0.2, 0) is 31.1 Å². The Morgan fingerprint density at radius 3 is 1.31 bits per heavy atom. The van der Waals surface area contributed by atoms with Crippen molar-refractivity contribution < 1.29 is 25.9 Å². The lowest BCUT2D eigenvalue weighted by molar-refractivity contribution is 0.458. The van der Waals surface area contributed by atoms with E-state index in [4.69, 9.17) is 23.2 Å². The molecule has 2 aliphatic heterocycles. The maximum absolute atomic E-state index is 11.5. The summed E-state index contributed by atoms with van der Waals surface area (Å²) in [7, 11) is -8.65. The number of hydrogen-bond donors (Lipinski definition) is 0. The van der Waals surface area contributed by atoms with Crippen LogP contribution in [0.25, 0.3) is 0 Å². The molecule has 1 saturated carbocycles. The first kappa shape index (κ1) is 47.5. The molecular weight excluding hydrogens is 886 g/mol. The highest BCUT2D eigenvalue weighted by atomic mass is 35.5. The maximum atomic E-state index is 11.5. The molecule has 3 aliphatic rings. The lowest BCUT2D eigenvalue weighted by Gasteiger charge is -2.27. The van der Waals surface area contributed by atoms with Gasteiger partial charge in [-0.3, -0.25) is 0 Å². The number of halogens is 2. The van der Waals surface area contributed by atoms with Gasteiger partial charge in [-0.25, -0.2) is 16.8 Å². The fourth-order valence-corrected chi connectivity index (χ4v) is 10.8. The van der Waals surface area contributed by atoms with E-state index in [0.29, 0.717) is 36.0 Å². The van der Waals surface area contributed by atoms with E-state index >= 15 is 0 Å². The zero-order chi connectivity index (χ0) is 46.2. The van der Waals surface area contributed by atoms with Gasteiger partial charge in [0.05, 0.1) is 20.2 Å². The lowest BCUT2D eigenvalue weighted by atomic mass is 9.83. The Kier molecular flexibility index (Phi) is 13.9. The molecule has 2 heterocycles. The highest BCUT2D eigenvalue weighted by Crippen LogP contribution is 2.50. The predicted octanol–water partition coefficient (Wildman–Crippen LogP) is 11.5. The van der Waals surface area contributed by atoms with Crippen LogP contribution in [0, 0.1) is 13.8 Å². The minimum absolute atomic E-state index is 0.262. The van der Waals surface area contributed by atoms with Crippen molar-refractivity contribution in [2.75, 3.05) is 34.4 Å². The summed E-state index contributed by atoms with van der Waals surface area (Å²) in [4.78, 5) is 4.47. The van der Waals surface area contributed by atoms with Gasteiger partial charge in [0, 0.05) is 104 Å². The van der Waals surface area contributed by atoms with Gasteiger partial charge in [-0.05, 0) is 112 Å². The van der Waals surface area contributed by atoms with Crippen LogP contribution in [0.4, 0.5) is 22.7 Å². The molecule has 4 aromatic rings. The van der Waals surface area contributed by atoms with E-state index in [1.165, 1.54) is 0 Å². The van der Waals surface area contributed by atoms with Gasteiger partial charge >= 0.3 is 0 Å². The van der Waals surface area contributed by atoms with Gasteiger partial charge in [-0.2, -0.15) is 4.58 Å². The van der Waals surface area contributed by atoms with Crippen molar-refractivity contribution in [1.29, 1.82) is 0 Å². The first-order chi connectivity index (χ1) is 30.1. The molecule has 64 heavy (non-hydrogen) atoms. The molecule has 0 radical (unpaired) electrons. The molecule has 0 spiro atoms. The molecule has 0 unspecified atom stereocenters. The van der Waals surface area contributed by atoms with Crippen LogP contribution in [0.5, 0.6) is 0 Å². The van der Waals surface area contributed by atoms with Gasteiger partial charge < -0.3 is 18.9 Å². The molecule has 1 aliphatic carbocycles. The fourth-order valence-electron chi connectivity index (χ4n) is 9.35. The van der Waals surface area contributed by atoms with E-state index < -0.39 is 42.6 Å². The zero-order valence-electron chi connectivity index (χ0n) is 37.3. The van der Waals surface area contributed by atoms with Crippen LogP contribution in [0.3, 0.4) is 0 Å². The van der Waals surface area contributed by atoms with Gasteiger partial charge in [0.1, 0.15) is 0 Å². The SMILES string of the molecule is Cc1ccc([N+](=C2/C(=C/C=C3/N(CCCCS(=O)(=O)[O-])c4ccc(Cl)cc4C3(C)C)CC/C2=C\C=C2\N(CCCCS(=O)(=O)[O-])c3ccc(Cl)cc3C2(C)C)c2ccc(C)cc2)cc1. The Bertz CT molecular complexity index is 2630. The molecule has 1 fully saturated rings. The topological polar surface area (TPSA) is 124 Å². The standard InChI is InChI=1S/C51H57Cl2N3O6S2/c1-35-11-21-41(22-12-35)56(42-23-13-36(2)14-24-42)49-37(17-27-47-50(3,4)43-33-39(52)19-25-45(43)54(47)29-7-9-31-63(57,58)59)15-16-38(49)18-28-48-51(5,6)44-34-40(53)20-26-46(44)55(48)30-8-10-32-64(60,61)62/h11-14,17-28,33-34H,7-10,15-16,29-32H2,1-6H3,(H-,57,58,59,60,61,62)/p-1. The van der Waals surface area contributed by atoms with Crippen molar-refractivity contribution in [2.24, 2.45) is 0 Å². The van der Waals surface area contributed by atoms with Crippen LogP contribution < -0.4 is 14.4 Å². The smallest absolute Gasteiger partial charge is 0.218 e. The third kappa shape index (κ3) is 10.5. The first-order valence-electron chi connectivity index (χ1n) is 21.8. The molecule has 0 N–H and O–H groups in total. The summed E-state index contributed by atoms with van der Waals surface area (Å²) in [6.45, 7) is 13.9. The van der Waals surface area contributed by atoms with E-state index in [1.54, 1.807) is 0 Å². The summed E-state index contributed by atoms with van der Waals surface area (Å²) in [5, 5.41) is 1.27. The monoisotopic (exact) mass is 940 g/mol. The molecule has 0 bridgehead atoms. The van der Waals surface area contributed by atoms with E-state index in [0.717, 1.165) is 86.1 Å². The molecular formula is C51H56Cl2N3O6S2-. The van der Waals surface area contributed by atoms with Crippen molar-refractivity contribution in [2.45, 2.75) is 90.9 Å². The summed E-state index contributed by atoms with van der Waals surface area (Å²) in [5.41, 5.74) is 13.0. The maximum Gasteiger partial charge on any atom is 0.218 e. The molecule has 7 rings (SSSR count). The Morgan fingerprint density at radius 2 is 0.953 bits per heavy atom. The second kappa shape index (κ2) is 18.8. The fraction of sp³-hybridized carbons (Fsp3) is 0.353. The Hall–Kier alpha value is -4.49. The van der Waals surface area contributed by atoms with E-state index in [1.807, 2.05) is 36.4 Å². The summed E-state index contributed by atoms with van der Waals surface area (Å²) in [6.07, 6.45) is 11.9. The van der Waals surface area contributed by atoms with E-state index in [9.17, 15) is 25.9 Å². The van der Waals surface area contributed by atoms with Crippen molar-refractivity contribution >= 4 is 71.9 Å². The summed E-state index contributed by atoms with van der Waals surface area (Å²) in [5.74, 6) is -0.808. The summed E-state index contributed by atoms with van der Waals surface area (Å²) in [6, 6.07) is 28.9. The molecule has 338 valence electrons. The van der Waals surface area contributed by atoms with Crippen molar-refractivity contribution in [1.82, 2.24) is 4.58 Å². The zero-order valence-corrected chi connectivity index (χ0v) is 40.5. The minimum atomic E-state index is -4.33. The number of unbranched alkanes of at least 4 members (excludes halogenated alkanes) is 2. The lowest BCUT2D eigenvalue weighted by Crippen LogP contribution is -2.27. The van der Waals surface area contributed by atoms with Gasteiger partial charge in [0.2, 0.25) is 17.1 Å². The third-order valence-electron chi connectivity index (χ3n) is 12.7. The van der Waals surface area contributed by atoms with Gasteiger partial charge in [0.25, 0.3) is 0 Å². The number of nitrogens with zero attached hydrogens (tertiary/aromatic N) is 3. The summed E-state index contributed by atoms with van der Waals surface area (Å²) < 4.78 is 71.3. The van der Waals surface area contributed by atoms with Crippen LogP contribution in [0.1, 0.15) is 88.5 Å². The first-order valence-corrected chi connectivity index (χ1v) is 25.7. The molecule has 0 saturated heterocycles. The highest BCUT2D eigenvalue weighted by molar-refractivity contribution is 7.85.